The van der Waals surface area contributed by atoms with Crippen LogP contribution in [-0.4, -0.2) is 21.5 Å². The fourth-order valence-electron chi connectivity index (χ4n) is 3.14. The van der Waals surface area contributed by atoms with Crippen LogP contribution in [0.1, 0.15) is 45.9 Å². The normalized spacial score (nSPS) is 16.5. The van der Waals surface area contributed by atoms with Gasteiger partial charge in [0.05, 0.1) is 22.3 Å². The number of Topliss-reactive ketones (excluding diaryl/α,β-unsaturated/α-hetero) is 1. The van der Waals surface area contributed by atoms with Gasteiger partial charge in [-0.3, -0.25) is 9.78 Å². The number of carbonyl (C=O) groups excluding carboxylic acids is 1. The topological polar surface area (TPSA) is 58.5 Å². The Kier molecular flexibility index (Phi) is 4.76. The second kappa shape index (κ2) is 7.21. The summed E-state index contributed by atoms with van der Waals surface area (Å²) in [6, 6.07) is 11.6. The van der Waals surface area contributed by atoms with Crippen molar-refractivity contribution < 1.29 is 4.79 Å². The van der Waals surface area contributed by atoms with Crippen molar-refractivity contribution in [1.29, 1.82) is 0 Å². The summed E-state index contributed by atoms with van der Waals surface area (Å²) in [6.07, 6.45) is 4.33. The molecule has 27 heavy (non-hydrogen) atoms. The molecule has 0 aliphatic carbocycles. The third-order valence-corrected chi connectivity index (χ3v) is 5.96. The van der Waals surface area contributed by atoms with Crippen molar-refractivity contribution in [3.05, 3.63) is 75.5 Å². The number of ketones is 1. The summed E-state index contributed by atoms with van der Waals surface area (Å²) in [5.74, 6) is 0.0234. The second-order valence-electron chi connectivity index (χ2n) is 6.37. The number of aromatic nitrogens is 2. The summed E-state index contributed by atoms with van der Waals surface area (Å²) < 4.78 is 0. The van der Waals surface area contributed by atoms with Gasteiger partial charge in [-0.15, -0.1) is 0 Å². The number of thiazole rings is 1. The Labute approximate surface area is 166 Å². The number of aryl methyl sites for hydroxylation is 1. The molecule has 3 heterocycles. The average molecular weight is 397 g/mol. The van der Waals surface area contributed by atoms with Crippen LogP contribution in [0.3, 0.4) is 0 Å². The van der Waals surface area contributed by atoms with Gasteiger partial charge in [-0.2, -0.15) is 5.10 Å². The highest BCUT2D eigenvalue weighted by Gasteiger charge is 2.32. The van der Waals surface area contributed by atoms with Gasteiger partial charge in [0, 0.05) is 30.8 Å². The molecule has 3 aromatic rings. The van der Waals surface area contributed by atoms with Crippen molar-refractivity contribution in [1.82, 2.24) is 9.97 Å². The second-order valence-corrected chi connectivity index (χ2v) is 7.79. The van der Waals surface area contributed by atoms with Gasteiger partial charge in [-0.25, -0.2) is 9.99 Å². The minimum Gasteiger partial charge on any atom is -0.294 e. The standard InChI is InChI=1S/C20H17ClN4OS/c1-12-19(13(2)26)27-20(23-12)25-18(15-4-3-9-22-11-15)10-17(24-25)14-5-7-16(21)8-6-14/h3-9,11,18H,10H2,1-2H3. The Morgan fingerprint density at radius 2 is 2.04 bits per heavy atom. The van der Waals surface area contributed by atoms with Crippen LogP contribution in [0, 0.1) is 6.92 Å². The van der Waals surface area contributed by atoms with Gasteiger partial charge in [0.15, 0.2) is 5.78 Å². The molecule has 136 valence electrons. The number of nitrogens with zero attached hydrogens (tertiary/aromatic N) is 4. The summed E-state index contributed by atoms with van der Waals surface area (Å²) in [6.45, 7) is 3.42. The first-order valence-corrected chi connectivity index (χ1v) is 9.73. The minimum atomic E-state index is -0.0188. The number of benzene rings is 1. The van der Waals surface area contributed by atoms with E-state index in [0.717, 1.165) is 34.1 Å². The molecule has 0 N–H and O–H groups in total. The summed E-state index contributed by atoms with van der Waals surface area (Å²) in [7, 11) is 0. The number of rotatable bonds is 4. The average Bonchev–Trinajstić information content (AvgIpc) is 3.27. The Balaban J connectivity index is 1.77. The zero-order chi connectivity index (χ0) is 19.0. The van der Waals surface area contributed by atoms with Crippen molar-refractivity contribution >= 4 is 39.6 Å². The number of hydrogen-bond donors (Lipinski definition) is 0. The molecule has 7 heteroatoms. The van der Waals surface area contributed by atoms with E-state index in [2.05, 4.69) is 9.97 Å². The molecular formula is C20H17ClN4OS. The zero-order valence-corrected chi connectivity index (χ0v) is 16.5. The van der Waals surface area contributed by atoms with Crippen LogP contribution in [0.2, 0.25) is 5.02 Å². The Morgan fingerprint density at radius 3 is 2.67 bits per heavy atom. The molecule has 1 atom stereocenters. The predicted molar refractivity (Wildman–Crippen MR) is 109 cm³/mol. The molecule has 0 saturated heterocycles. The summed E-state index contributed by atoms with van der Waals surface area (Å²) in [4.78, 5) is 21.4. The molecule has 5 nitrogen and oxygen atoms in total. The van der Waals surface area contributed by atoms with Crippen LogP contribution in [-0.2, 0) is 0 Å². The predicted octanol–water partition coefficient (Wildman–Crippen LogP) is 5.06. The molecule has 0 bridgehead atoms. The summed E-state index contributed by atoms with van der Waals surface area (Å²) in [5, 5.41) is 8.17. The van der Waals surface area contributed by atoms with E-state index in [-0.39, 0.29) is 11.8 Å². The largest absolute Gasteiger partial charge is 0.294 e. The van der Waals surface area contributed by atoms with E-state index < -0.39 is 0 Å². The maximum absolute atomic E-state index is 11.9. The molecule has 4 rings (SSSR count). The summed E-state index contributed by atoms with van der Waals surface area (Å²) in [5.41, 5.74) is 3.78. The van der Waals surface area contributed by atoms with Crippen LogP contribution >= 0.6 is 22.9 Å². The lowest BCUT2D eigenvalue weighted by Gasteiger charge is -2.20. The number of hydrogen-bond acceptors (Lipinski definition) is 6. The molecule has 0 spiro atoms. The van der Waals surface area contributed by atoms with Crippen molar-refractivity contribution in [2.45, 2.75) is 26.3 Å². The van der Waals surface area contributed by atoms with Gasteiger partial charge in [0.25, 0.3) is 0 Å². The lowest BCUT2D eigenvalue weighted by Crippen LogP contribution is -2.18. The van der Waals surface area contributed by atoms with E-state index in [1.54, 1.807) is 13.1 Å². The highest BCUT2D eigenvalue weighted by Crippen LogP contribution is 2.39. The van der Waals surface area contributed by atoms with E-state index in [4.69, 9.17) is 16.7 Å². The Hall–Kier alpha value is -2.57. The van der Waals surface area contributed by atoms with Crippen LogP contribution in [0.5, 0.6) is 0 Å². The maximum atomic E-state index is 11.9. The Bertz CT molecular complexity index is 1010. The molecule has 2 aromatic heterocycles. The molecule has 0 fully saturated rings. The van der Waals surface area contributed by atoms with Crippen molar-refractivity contribution in [3.63, 3.8) is 0 Å². The van der Waals surface area contributed by atoms with Gasteiger partial charge < -0.3 is 0 Å². The monoisotopic (exact) mass is 396 g/mol. The molecule has 0 amide bonds. The lowest BCUT2D eigenvalue weighted by atomic mass is 10.00. The number of carbonyl (C=O) groups is 1. The minimum absolute atomic E-state index is 0.0188. The number of halogens is 1. The molecule has 1 unspecified atom stereocenters. The number of anilines is 1. The third-order valence-electron chi connectivity index (χ3n) is 4.46. The van der Waals surface area contributed by atoms with Crippen LogP contribution in [0.25, 0.3) is 0 Å². The van der Waals surface area contributed by atoms with Crippen molar-refractivity contribution in [2.75, 3.05) is 5.01 Å². The summed E-state index contributed by atoms with van der Waals surface area (Å²) >= 11 is 7.40. The molecular weight excluding hydrogens is 380 g/mol. The molecule has 0 saturated carbocycles. The van der Waals surface area contributed by atoms with Crippen LogP contribution < -0.4 is 5.01 Å². The number of pyridine rings is 1. The molecule has 0 radical (unpaired) electrons. The van der Waals surface area contributed by atoms with Crippen LogP contribution in [0.4, 0.5) is 5.13 Å². The fraction of sp³-hybridized carbons (Fsp3) is 0.200. The van der Waals surface area contributed by atoms with E-state index in [0.29, 0.717) is 9.90 Å². The van der Waals surface area contributed by atoms with E-state index in [9.17, 15) is 4.79 Å². The highest BCUT2D eigenvalue weighted by molar-refractivity contribution is 7.17. The lowest BCUT2D eigenvalue weighted by molar-refractivity contribution is 0.102. The van der Waals surface area contributed by atoms with Crippen molar-refractivity contribution in [2.24, 2.45) is 5.10 Å². The first-order chi connectivity index (χ1) is 13.0. The number of hydrazone groups is 1. The smallest absolute Gasteiger partial charge is 0.207 e. The van der Waals surface area contributed by atoms with Gasteiger partial charge in [-0.05, 0) is 36.2 Å². The SMILES string of the molecule is CC(=O)c1sc(N2N=C(c3ccc(Cl)cc3)CC2c2cccnc2)nc1C. The van der Waals surface area contributed by atoms with E-state index in [1.165, 1.54) is 11.3 Å². The van der Waals surface area contributed by atoms with Gasteiger partial charge in [0.1, 0.15) is 0 Å². The molecule has 1 aliphatic heterocycles. The van der Waals surface area contributed by atoms with E-state index in [1.807, 2.05) is 54.5 Å². The van der Waals surface area contributed by atoms with E-state index >= 15 is 0 Å². The molecule has 1 aromatic carbocycles. The quantitative estimate of drug-likeness (QED) is 0.578. The highest BCUT2D eigenvalue weighted by atomic mass is 35.5. The van der Waals surface area contributed by atoms with Gasteiger partial charge in [-0.1, -0.05) is 41.1 Å². The fourth-order valence-corrected chi connectivity index (χ4v) is 4.23. The van der Waals surface area contributed by atoms with Crippen LogP contribution in [0.15, 0.2) is 53.9 Å². The third kappa shape index (κ3) is 3.50. The first-order valence-electron chi connectivity index (χ1n) is 8.54. The molecule has 1 aliphatic rings. The Morgan fingerprint density at radius 1 is 1.26 bits per heavy atom. The van der Waals surface area contributed by atoms with Gasteiger partial charge in [0.2, 0.25) is 5.13 Å². The maximum Gasteiger partial charge on any atom is 0.207 e. The first kappa shape index (κ1) is 17.8. The van der Waals surface area contributed by atoms with Crippen molar-refractivity contribution in [3.8, 4) is 0 Å². The zero-order valence-electron chi connectivity index (χ0n) is 14.9. The van der Waals surface area contributed by atoms with Gasteiger partial charge >= 0.3 is 0 Å².